The Morgan fingerprint density at radius 3 is 2.24 bits per heavy atom. The normalized spacial score (nSPS) is 11.5. The average molecular weight is 286 g/mol. The van der Waals surface area contributed by atoms with Crippen LogP contribution in [0.1, 0.15) is 26.3 Å². The van der Waals surface area contributed by atoms with Crippen molar-refractivity contribution in [2.24, 2.45) is 0 Å². The van der Waals surface area contributed by atoms with Gasteiger partial charge in [-0.3, -0.25) is 0 Å². The second-order valence-electron chi connectivity index (χ2n) is 6.27. The number of anilines is 2. The molecule has 2 aromatic rings. The van der Waals surface area contributed by atoms with Crippen LogP contribution >= 0.6 is 0 Å². The summed E-state index contributed by atoms with van der Waals surface area (Å²) in [7, 11) is 2.00. The first kappa shape index (κ1) is 15.5. The predicted molar refractivity (Wildman–Crippen MR) is 87.5 cm³/mol. The van der Waals surface area contributed by atoms with E-state index in [9.17, 15) is 4.39 Å². The summed E-state index contributed by atoms with van der Waals surface area (Å²) in [4.78, 5) is 2.08. The van der Waals surface area contributed by atoms with Gasteiger partial charge in [0.15, 0.2) is 0 Å². The Hall–Kier alpha value is -1.87. The first-order valence-corrected chi connectivity index (χ1v) is 7.19. The van der Waals surface area contributed by atoms with Crippen molar-refractivity contribution >= 4 is 11.4 Å². The summed E-state index contributed by atoms with van der Waals surface area (Å²) in [6.45, 7) is 7.25. The van der Waals surface area contributed by atoms with Crippen molar-refractivity contribution in [3.63, 3.8) is 0 Å². The van der Waals surface area contributed by atoms with Crippen molar-refractivity contribution in [2.75, 3.05) is 11.9 Å². The smallest absolute Gasteiger partial charge is 0.123 e. The van der Waals surface area contributed by atoms with Gasteiger partial charge in [0.2, 0.25) is 0 Å². The van der Waals surface area contributed by atoms with Crippen LogP contribution in [0.25, 0.3) is 0 Å². The standard InChI is InChI=1S/C18H23FN2/c1-18(2,3)20-13-14-7-5-6-8-17(14)21(4)16-11-9-15(19)10-12-16/h5-12,20H,13H2,1-4H3. The van der Waals surface area contributed by atoms with E-state index in [1.54, 1.807) is 12.1 Å². The third-order valence-electron chi connectivity index (χ3n) is 3.38. The molecule has 0 spiro atoms. The molecule has 2 rings (SSSR count). The maximum Gasteiger partial charge on any atom is 0.123 e. The summed E-state index contributed by atoms with van der Waals surface area (Å²) in [5.41, 5.74) is 3.39. The SMILES string of the molecule is CN(c1ccc(F)cc1)c1ccccc1CNC(C)(C)C. The molecule has 0 atom stereocenters. The van der Waals surface area contributed by atoms with Crippen LogP contribution < -0.4 is 10.2 Å². The van der Waals surface area contributed by atoms with Crippen LogP contribution in [0.3, 0.4) is 0 Å². The van der Waals surface area contributed by atoms with Gasteiger partial charge < -0.3 is 10.2 Å². The summed E-state index contributed by atoms with van der Waals surface area (Å²) < 4.78 is 13.1. The monoisotopic (exact) mass is 286 g/mol. The Balaban J connectivity index is 2.24. The van der Waals surface area contributed by atoms with Crippen LogP contribution in [-0.4, -0.2) is 12.6 Å². The molecule has 1 N–H and O–H groups in total. The molecule has 2 nitrogen and oxygen atoms in total. The fourth-order valence-corrected chi connectivity index (χ4v) is 2.15. The molecule has 0 aliphatic rings. The molecule has 2 aromatic carbocycles. The summed E-state index contributed by atoms with van der Waals surface area (Å²) in [5, 5.41) is 3.51. The van der Waals surface area contributed by atoms with Gasteiger partial charge in [0.05, 0.1) is 0 Å². The van der Waals surface area contributed by atoms with Crippen LogP contribution in [0.15, 0.2) is 48.5 Å². The maximum absolute atomic E-state index is 13.1. The number of para-hydroxylation sites is 1. The van der Waals surface area contributed by atoms with Crippen molar-refractivity contribution < 1.29 is 4.39 Å². The Morgan fingerprint density at radius 1 is 1.00 bits per heavy atom. The van der Waals surface area contributed by atoms with E-state index in [1.165, 1.54) is 17.7 Å². The van der Waals surface area contributed by atoms with Gasteiger partial charge in [0.1, 0.15) is 5.82 Å². The molecule has 0 aliphatic carbocycles. The number of halogens is 1. The minimum atomic E-state index is -0.213. The van der Waals surface area contributed by atoms with E-state index in [1.807, 2.05) is 19.2 Å². The lowest BCUT2D eigenvalue weighted by atomic mass is 10.1. The third kappa shape index (κ3) is 4.30. The van der Waals surface area contributed by atoms with Crippen LogP contribution in [0, 0.1) is 5.82 Å². The lowest BCUT2D eigenvalue weighted by molar-refractivity contribution is 0.424. The van der Waals surface area contributed by atoms with Crippen LogP contribution in [0.2, 0.25) is 0 Å². The fraction of sp³-hybridized carbons (Fsp3) is 0.333. The van der Waals surface area contributed by atoms with Crippen LogP contribution in [0.5, 0.6) is 0 Å². The van der Waals surface area contributed by atoms with E-state index in [-0.39, 0.29) is 11.4 Å². The van der Waals surface area contributed by atoms with Gasteiger partial charge in [0.25, 0.3) is 0 Å². The molecule has 0 amide bonds. The minimum Gasteiger partial charge on any atom is -0.344 e. The van der Waals surface area contributed by atoms with Gasteiger partial charge in [-0.25, -0.2) is 4.39 Å². The molecule has 0 fully saturated rings. The van der Waals surface area contributed by atoms with Crippen molar-refractivity contribution in [1.82, 2.24) is 5.32 Å². The summed E-state index contributed by atoms with van der Waals surface area (Å²) >= 11 is 0. The van der Waals surface area contributed by atoms with E-state index in [4.69, 9.17) is 0 Å². The van der Waals surface area contributed by atoms with E-state index < -0.39 is 0 Å². The Bertz CT molecular complexity index is 585. The Morgan fingerprint density at radius 2 is 1.62 bits per heavy atom. The number of nitrogens with one attached hydrogen (secondary N) is 1. The van der Waals surface area contributed by atoms with Crippen molar-refractivity contribution in [3.05, 3.63) is 59.9 Å². The third-order valence-corrected chi connectivity index (χ3v) is 3.38. The Kier molecular flexibility index (Phi) is 4.63. The molecule has 0 aliphatic heterocycles. The van der Waals surface area contributed by atoms with Crippen molar-refractivity contribution in [3.8, 4) is 0 Å². The number of rotatable bonds is 4. The van der Waals surface area contributed by atoms with E-state index in [0.717, 1.165) is 17.9 Å². The highest BCUT2D eigenvalue weighted by atomic mass is 19.1. The molecular formula is C18H23FN2. The summed E-state index contributed by atoms with van der Waals surface area (Å²) in [6, 6.07) is 14.8. The molecule has 0 unspecified atom stereocenters. The maximum atomic E-state index is 13.1. The molecule has 0 saturated heterocycles. The highest BCUT2D eigenvalue weighted by Gasteiger charge is 2.12. The zero-order valence-corrected chi connectivity index (χ0v) is 13.2. The molecule has 0 radical (unpaired) electrons. The fourth-order valence-electron chi connectivity index (χ4n) is 2.15. The number of benzene rings is 2. The topological polar surface area (TPSA) is 15.3 Å². The number of hydrogen-bond donors (Lipinski definition) is 1. The zero-order chi connectivity index (χ0) is 15.5. The highest BCUT2D eigenvalue weighted by molar-refractivity contribution is 5.65. The van der Waals surface area contributed by atoms with E-state index >= 15 is 0 Å². The lowest BCUT2D eigenvalue weighted by Gasteiger charge is -2.25. The molecule has 0 aromatic heterocycles. The van der Waals surface area contributed by atoms with Gasteiger partial charge in [-0.15, -0.1) is 0 Å². The van der Waals surface area contributed by atoms with Crippen molar-refractivity contribution in [1.29, 1.82) is 0 Å². The van der Waals surface area contributed by atoms with Gasteiger partial charge >= 0.3 is 0 Å². The first-order valence-electron chi connectivity index (χ1n) is 7.19. The lowest BCUT2D eigenvalue weighted by Crippen LogP contribution is -2.35. The number of nitrogens with zero attached hydrogens (tertiary/aromatic N) is 1. The number of hydrogen-bond acceptors (Lipinski definition) is 2. The van der Waals surface area contributed by atoms with Crippen LogP contribution in [0.4, 0.5) is 15.8 Å². The zero-order valence-electron chi connectivity index (χ0n) is 13.2. The molecule has 21 heavy (non-hydrogen) atoms. The minimum absolute atomic E-state index is 0.0710. The molecular weight excluding hydrogens is 263 g/mol. The van der Waals surface area contributed by atoms with Gasteiger partial charge in [-0.1, -0.05) is 18.2 Å². The molecule has 0 saturated carbocycles. The quantitative estimate of drug-likeness (QED) is 0.891. The molecule has 0 bridgehead atoms. The van der Waals surface area contributed by atoms with Crippen molar-refractivity contribution in [2.45, 2.75) is 32.9 Å². The van der Waals surface area contributed by atoms with E-state index in [0.29, 0.717) is 0 Å². The first-order chi connectivity index (χ1) is 9.87. The highest BCUT2D eigenvalue weighted by Crippen LogP contribution is 2.27. The predicted octanol–water partition coefficient (Wildman–Crippen LogP) is 4.48. The van der Waals surface area contributed by atoms with E-state index in [2.05, 4.69) is 43.1 Å². The second kappa shape index (κ2) is 6.27. The van der Waals surface area contributed by atoms with Crippen LogP contribution in [-0.2, 0) is 6.54 Å². The van der Waals surface area contributed by atoms with Gasteiger partial charge in [0, 0.05) is 30.5 Å². The molecule has 0 heterocycles. The van der Waals surface area contributed by atoms with Gasteiger partial charge in [-0.2, -0.15) is 0 Å². The molecule has 3 heteroatoms. The average Bonchev–Trinajstić information content (AvgIpc) is 2.45. The summed E-state index contributed by atoms with van der Waals surface area (Å²) in [5.74, 6) is -0.213. The largest absolute Gasteiger partial charge is 0.344 e. The summed E-state index contributed by atoms with van der Waals surface area (Å²) in [6.07, 6.45) is 0. The second-order valence-corrected chi connectivity index (χ2v) is 6.27. The van der Waals surface area contributed by atoms with Gasteiger partial charge in [-0.05, 0) is 56.7 Å². The Labute approximate surface area is 126 Å². The molecule has 112 valence electrons.